The summed E-state index contributed by atoms with van der Waals surface area (Å²) in [5.74, 6) is 1.49. The zero-order valence-electron chi connectivity index (χ0n) is 7.01. The number of hydrogen-bond acceptors (Lipinski definition) is 1. The van der Waals surface area contributed by atoms with Gasteiger partial charge in [-0.05, 0) is 40.4 Å². The maximum atomic E-state index is 5.73. The molecule has 0 saturated heterocycles. The minimum Gasteiger partial charge on any atom is -0.260 e. The highest BCUT2D eigenvalue weighted by molar-refractivity contribution is 9.10. The van der Waals surface area contributed by atoms with Crippen molar-refractivity contribution in [3.63, 3.8) is 0 Å². The van der Waals surface area contributed by atoms with Crippen LogP contribution in [0.5, 0.6) is 0 Å². The molecular weight excluding hydrogens is 273 g/mol. The SMILES string of the molecule is ClCC(CCl)Cc1ccc(Br)cn1. The summed E-state index contributed by atoms with van der Waals surface area (Å²) < 4.78 is 0.990. The Bertz CT molecular complexity index is 246. The molecule has 72 valence electrons. The summed E-state index contributed by atoms with van der Waals surface area (Å²) in [6.45, 7) is 0. The quantitative estimate of drug-likeness (QED) is 0.771. The van der Waals surface area contributed by atoms with E-state index in [1.165, 1.54) is 0 Å². The third-order valence-corrected chi connectivity index (χ3v) is 3.06. The van der Waals surface area contributed by atoms with Crippen LogP contribution in [-0.4, -0.2) is 16.7 Å². The molecule has 1 nitrogen and oxygen atoms in total. The number of hydrogen-bond donors (Lipinski definition) is 0. The van der Waals surface area contributed by atoms with Gasteiger partial charge in [0.05, 0.1) is 0 Å². The minimum absolute atomic E-state index is 0.317. The molecule has 1 aromatic rings. The Balaban J connectivity index is 2.58. The van der Waals surface area contributed by atoms with Crippen LogP contribution in [0.1, 0.15) is 5.69 Å². The monoisotopic (exact) mass is 281 g/mol. The van der Waals surface area contributed by atoms with Crippen LogP contribution in [0.2, 0.25) is 0 Å². The van der Waals surface area contributed by atoms with Crippen LogP contribution in [0.25, 0.3) is 0 Å². The Kier molecular flexibility index (Phi) is 5.07. The largest absolute Gasteiger partial charge is 0.260 e. The van der Waals surface area contributed by atoms with Gasteiger partial charge in [-0.1, -0.05) is 0 Å². The van der Waals surface area contributed by atoms with Gasteiger partial charge in [-0.15, -0.1) is 23.2 Å². The summed E-state index contributed by atoms with van der Waals surface area (Å²) in [5.41, 5.74) is 1.04. The van der Waals surface area contributed by atoms with Gasteiger partial charge in [0.15, 0.2) is 0 Å². The molecular formula is C9H10BrCl2N. The van der Waals surface area contributed by atoms with Gasteiger partial charge in [0.1, 0.15) is 0 Å². The van der Waals surface area contributed by atoms with Crippen LogP contribution in [0.3, 0.4) is 0 Å². The number of halogens is 3. The average molecular weight is 283 g/mol. The van der Waals surface area contributed by atoms with Crippen molar-refractivity contribution < 1.29 is 0 Å². The smallest absolute Gasteiger partial charge is 0.0413 e. The van der Waals surface area contributed by atoms with Crippen molar-refractivity contribution in [3.8, 4) is 0 Å². The maximum Gasteiger partial charge on any atom is 0.0413 e. The van der Waals surface area contributed by atoms with Crippen molar-refractivity contribution >= 4 is 39.1 Å². The van der Waals surface area contributed by atoms with E-state index in [0.717, 1.165) is 16.6 Å². The van der Waals surface area contributed by atoms with Gasteiger partial charge in [-0.3, -0.25) is 4.98 Å². The third-order valence-electron chi connectivity index (χ3n) is 1.72. The number of nitrogens with zero attached hydrogens (tertiary/aromatic N) is 1. The Morgan fingerprint density at radius 3 is 2.46 bits per heavy atom. The summed E-state index contributed by atoms with van der Waals surface area (Å²) in [7, 11) is 0. The van der Waals surface area contributed by atoms with E-state index in [4.69, 9.17) is 23.2 Å². The molecule has 13 heavy (non-hydrogen) atoms. The second-order valence-electron chi connectivity index (χ2n) is 2.85. The minimum atomic E-state index is 0.317. The summed E-state index contributed by atoms with van der Waals surface area (Å²) in [6.07, 6.45) is 2.63. The van der Waals surface area contributed by atoms with Crippen LogP contribution in [0.15, 0.2) is 22.8 Å². The fraction of sp³-hybridized carbons (Fsp3) is 0.444. The molecule has 1 rings (SSSR count). The molecule has 0 bridgehead atoms. The van der Waals surface area contributed by atoms with Gasteiger partial charge in [0, 0.05) is 28.1 Å². The normalized spacial score (nSPS) is 10.8. The molecule has 0 radical (unpaired) electrons. The zero-order valence-corrected chi connectivity index (χ0v) is 10.1. The van der Waals surface area contributed by atoms with Crippen molar-refractivity contribution in [2.75, 3.05) is 11.8 Å². The van der Waals surface area contributed by atoms with Crippen LogP contribution in [-0.2, 0) is 6.42 Å². The lowest BCUT2D eigenvalue weighted by molar-refractivity contribution is 0.649. The van der Waals surface area contributed by atoms with Crippen molar-refractivity contribution in [2.45, 2.75) is 6.42 Å². The Hall–Kier alpha value is 0.210. The predicted octanol–water partition coefficient (Wildman–Crippen LogP) is 3.48. The maximum absolute atomic E-state index is 5.73. The van der Waals surface area contributed by atoms with Gasteiger partial charge in [-0.25, -0.2) is 0 Å². The van der Waals surface area contributed by atoms with E-state index >= 15 is 0 Å². The molecule has 0 atom stereocenters. The summed E-state index contributed by atoms with van der Waals surface area (Å²) in [6, 6.07) is 3.96. The van der Waals surface area contributed by atoms with Crippen molar-refractivity contribution in [2.24, 2.45) is 5.92 Å². The molecule has 0 saturated carbocycles. The topological polar surface area (TPSA) is 12.9 Å². The summed E-state index contributed by atoms with van der Waals surface area (Å²) >= 11 is 14.8. The van der Waals surface area contributed by atoms with Gasteiger partial charge in [0.2, 0.25) is 0 Å². The van der Waals surface area contributed by atoms with E-state index < -0.39 is 0 Å². The summed E-state index contributed by atoms with van der Waals surface area (Å²) in [5, 5.41) is 0. The van der Waals surface area contributed by atoms with Crippen LogP contribution >= 0.6 is 39.1 Å². The molecule has 0 unspecified atom stereocenters. The molecule has 0 spiro atoms. The highest BCUT2D eigenvalue weighted by Gasteiger charge is 2.07. The van der Waals surface area contributed by atoms with Crippen molar-refractivity contribution in [1.82, 2.24) is 4.98 Å². The van der Waals surface area contributed by atoms with Crippen LogP contribution in [0, 0.1) is 5.92 Å². The zero-order chi connectivity index (χ0) is 9.68. The molecule has 1 aromatic heterocycles. The van der Waals surface area contributed by atoms with E-state index in [1.54, 1.807) is 6.20 Å². The first-order valence-corrected chi connectivity index (χ1v) is 5.85. The predicted molar refractivity (Wildman–Crippen MR) is 60.6 cm³/mol. The van der Waals surface area contributed by atoms with Gasteiger partial charge >= 0.3 is 0 Å². The number of aromatic nitrogens is 1. The standard InChI is InChI=1S/C9H10BrCl2N/c10-8-1-2-9(13-6-8)3-7(4-11)5-12/h1-2,6-7H,3-5H2. The molecule has 0 fully saturated rings. The van der Waals surface area contributed by atoms with E-state index in [1.807, 2.05) is 12.1 Å². The van der Waals surface area contributed by atoms with Crippen molar-refractivity contribution in [3.05, 3.63) is 28.5 Å². The molecule has 0 aliphatic heterocycles. The van der Waals surface area contributed by atoms with Gasteiger partial charge in [0.25, 0.3) is 0 Å². The molecule has 1 heterocycles. The third kappa shape index (κ3) is 3.84. The number of alkyl halides is 2. The van der Waals surface area contributed by atoms with E-state index in [-0.39, 0.29) is 0 Å². The van der Waals surface area contributed by atoms with E-state index in [9.17, 15) is 0 Å². The Labute approximate surface area is 96.6 Å². The molecule has 4 heteroatoms. The van der Waals surface area contributed by atoms with Gasteiger partial charge in [-0.2, -0.15) is 0 Å². The molecule has 0 aliphatic rings. The highest BCUT2D eigenvalue weighted by Crippen LogP contribution is 2.13. The van der Waals surface area contributed by atoms with Crippen LogP contribution < -0.4 is 0 Å². The second-order valence-corrected chi connectivity index (χ2v) is 4.38. The second kappa shape index (κ2) is 5.84. The Morgan fingerprint density at radius 2 is 2.00 bits per heavy atom. The fourth-order valence-corrected chi connectivity index (χ4v) is 1.76. The fourth-order valence-electron chi connectivity index (χ4n) is 0.973. The molecule has 0 N–H and O–H groups in total. The lowest BCUT2D eigenvalue weighted by Gasteiger charge is -2.08. The lowest BCUT2D eigenvalue weighted by atomic mass is 10.1. The lowest BCUT2D eigenvalue weighted by Crippen LogP contribution is -2.08. The van der Waals surface area contributed by atoms with Gasteiger partial charge < -0.3 is 0 Å². The van der Waals surface area contributed by atoms with Crippen molar-refractivity contribution in [1.29, 1.82) is 0 Å². The highest BCUT2D eigenvalue weighted by atomic mass is 79.9. The number of pyridine rings is 1. The van der Waals surface area contributed by atoms with E-state index in [2.05, 4.69) is 20.9 Å². The van der Waals surface area contributed by atoms with E-state index in [0.29, 0.717) is 17.7 Å². The first-order valence-electron chi connectivity index (χ1n) is 3.98. The molecule has 0 aromatic carbocycles. The first kappa shape index (κ1) is 11.3. The van der Waals surface area contributed by atoms with Crippen LogP contribution in [0.4, 0.5) is 0 Å². The molecule has 0 amide bonds. The summed E-state index contributed by atoms with van der Waals surface area (Å²) in [4.78, 5) is 4.25. The number of rotatable bonds is 4. The average Bonchev–Trinajstić information content (AvgIpc) is 2.17. The Morgan fingerprint density at radius 1 is 1.31 bits per heavy atom. The first-order chi connectivity index (χ1) is 6.26. The molecule has 0 aliphatic carbocycles.